The highest BCUT2D eigenvalue weighted by atomic mass is 19.1. The number of nitriles is 1. The van der Waals surface area contributed by atoms with Gasteiger partial charge >= 0.3 is 0 Å². The molecule has 0 aliphatic heterocycles. The summed E-state index contributed by atoms with van der Waals surface area (Å²) in [7, 11) is 0. The average Bonchev–Trinajstić information content (AvgIpc) is 2.83. The standard InChI is InChI=1S/C27H23FN2O4/c1-3-5-22-14-20(15-23(17-29)21-8-12-25(13-9-21)30(31)32)16-26(33-4-2)27(22)34-18-19-6-10-24(28)11-7-19/h3,6-16H,1,4-5,18H2,2H3/b23-15+. The predicted molar refractivity (Wildman–Crippen MR) is 129 cm³/mol. The molecule has 172 valence electrons. The fraction of sp³-hybridized carbons (Fsp3) is 0.148. The van der Waals surface area contributed by atoms with Crippen LogP contribution in [0.4, 0.5) is 10.1 Å². The Balaban J connectivity index is 1.98. The van der Waals surface area contributed by atoms with Gasteiger partial charge in [0.25, 0.3) is 5.69 Å². The summed E-state index contributed by atoms with van der Waals surface area (Å²) in [5, 5.41) is 20.6. The second-order valence-corrected chi connectivity index (χ2v) is 7.32. The molecule has 0 bridgehead atoms. The molecule has 0 radical (unpaired) electrons. The first-order valence-electron chi connectivity index (χ1n) is 10.6. The van der Waals surface area contributed by atoms with Gasteiger partial charge in [-0.2, -0.15) is 5.26 Å². The van der Waals surface area contributed by atoms with Gasteiger partial charge in [-0.1, -0.05) is 18.2 Å². The van der Waals surface area contributed by atoms with Crippen LogP contribution in [-0.2, 0) is 13.0 Å². The molecule has 7 heteroatoms. The van der Waals surface area contributed by atoms with Crippen LogP contribution in [0.2, 0.25) is 0 Å². The Morgan fingerprint density at radius 2 is 1.85 bits per heavy atom. The lowest BCUT2D eigenvalue weighted by Crippen LogP contribution is -2.03. The largest absolute Gasteiger partial charge is 0.490 e. The summed E-state index contributed by atoms with van der Waals surface area (Å²) >= 11 is 0. The van der Waals surface area contributed by atoms with Gasteiger partial charge in [-0.3, -0.25) is 10.1 Å². The normalized spacial score (nSPS) is 10.9. The van der Waals surface area contributed by atoms with Crippen molar-refractivity contribution < 1.29 is 18.8 Å². The Labute approximate surface area is 197 Å². The van der Waals surface area contributed by atoms with E-state index in [4.69, 9.17) is 9.47 Å². The summed E-state index contributed by atoms with van der Waals surface area (Å²) in [4.78, 5) is 10.4. The smallest absolute Gasteiger partial charge is 0.269 e. The molecule has 0 atom stereocenters. The topological polar surface area (TPSA) is 85.4 Å². The Bertz CT molecular complexity index is 1240. The molecule has 3 rings (SSSR count). The molecule has 3 aromatic rings. The summed E-state index contributed by atoms with van der Waals surface area (Å²) in [6, 6.07) is 17.7. The Morgan fingerprint density at radius 1 is 1.15 bits per heavy atom. The minimum absolute atomic E-state index is 0.0457. The summed E-state index contributed by atoms with van der Waals surface area (Å²) in [6.07, 6.45) is 3.94. The molecule has 3 aromatic carbocycles. The number of hydrogen-bond donors (Lipinski definition) is 0. The average molecular weight is 458 g/mol. The van der Waals surface area contributed by atoms with Crippen molar-refractivity contribution in [1.82, 2.24) is 0 Å². The number of non-ortho nitro benzene ring substituents is 1. The number of hydrogen-bond acceptors (Lipinski definition) is 5. The molecule has 34 heavy (non-hydrogen) atoms. The van der Waals surface area contributed by atoms with Gasteiger partial charge in [0.1, 0.15) is 12.4 Å². The van der Waals surface area contributed by atoms with Gasteiger partial charge in [-0.25, -0.2) is 4.39 Å². The first kappa shape index (κ1) is 24.2. The van der Waals surface area contributed by atoms with Crippen LogP contribution in [0.1, 0.15) is 29.2 Å². The van der Waals surface area contributed by atoms with E-state index in [2.05, 4.69) is 12.6 Å². The highest BCUT2D eigenvalue weighted by molar-refractivity contribution is 5.90. The maximum absolute atomic E-state index is 13.2. The van der Waals surface area contributed by atoms with Crippen LogP contribution in [0.25, 0.3) is 11.6 Å². The minimum atomic E-state index is -0.486. The molecule has 0 N–H and O–H groups in total. The third-order valence-corrected chi connectivity index (χ3v) is 4.94. The van der Waals surface area contributed by atoms with Gasteiger partial charge < -0.3 is 9.47 Å². The monoisotopic (exact) mass is 458 g/mol. The van der Waals surface area contributed by atoms with E-state index >= 15 is 0 Å². The number of nitrogens with zero attached hydrogens (tertiary/aromatic N) is 2. The SMILES string of the molecule is C=CCc1cc(/C=C(\C#N)c2ccc([N+](=O)[O-])cc2)cc(OCC)c1OCc1ccc(F)cc1. The van der Waals surface area contributed by atoms with Gasteiger partial charge in [0.15, 0.2) is 11.5 Å². The van der Waals surface area contributed by atoms with Crippen LogP contribution in [0.3, 0.4) is 0 Å². The number of ether oxygens (including phenoxy) is 2. The van der Waals surface area contributed by atoms with Gasteiger partial charge in [-0.15, -0.1) is 6.58 Å². The number of nitro benzene ring substituents is 1. The van der Waals surface area contributed by atoms with Crippen molar-refractivity contribution in [2.24, 2.45) is 0 Å². The van der Waals surface area contributed by atoms with Crippen LogP contribution in [0.5, 0.6) is 11.5 Å². The molecule has 6 nitrogen and oxygen atoms in total. The molecular weight excluding hydrogens is 435 g/mol. The molecule has 0 fully saturated rings. The van der Waals surface area contributed by atoms with Crippen molar-refractivity contribution in [3.8, 4) is 17.6 Å². The fourth-order valence-corrected chi connectivity index (χ4v) is 3.35. The van der Waals surface area contributed by atoms with Crippen LogP contribution in [-0.4, -0.2) is 11.5 Å². The first-order chi connectivity index (χ1) is 16.4. The Hall–Kier alpha value is -4.44. The van der Waals surface area contributed by atoms with E-state index < -0.39 is 4.92 Å². The van der Waals surface area contributed by atoms with E-state index in [1.807, 2.05) is 13.0 Å². The molecule has 0 amide bonds. The zero-order chi connectivity index (χ0) is 24.5. The van der Waals surface area contributed by atoms with Crippen molar-refractivity contribution in [2.45, 2.75) is 20.0 Å². The Kier molecular flexibility index (Phi) is 8.14. The van der Waals surface area contributed by atoms with Crippen molar-refractivity contribution in [3.63, 3.8) is 0 Å². The zero-order valence-electron chi connectivity index (χ0n) is 18.7. The Morgan fingerprint density at radius 3 is 2.44 bits per heavy atom. The maximum Gasteiger partial charge on any atom is 0.269 e. The summed E-state index contributed by atoms with van der Waals surface area (Å²) < 4.78 is 25.1. The molecule has 0 saturated heterocycles. The molecular formula is C27H23FN2O4. The summed E-state index contributed by atoms with van der Waals surface area (Å²) in [5.74, 6) is 0.747. The van der Waals surface area contributed by atoms with Crippen molar-refractivity contribution >= 4 is 17.3 Å². The lowest BCUT2D eigenvalue weighted by atomic mass is 10.0. The number of benzene rings is 3. The molecule has 0 aromatic heterocycles. The van der Waals surface area contributed by atoms with Gasteiger partial charge in [-0.05, 0) is 72.5 Å². The van der Waals surface area contributed by atoms with Gasteiger partial charge in [0.05, 0.1) is 23.2 Å². The second kappa shape index (κ2) is 11.4. The maximum atomic E-state index is 13.2. The van der Waals surface area contributed by atoms with E-state index in [9.17, 15) is 19.8 Å². The van der Waals surface area contributed by atoms with E-state index in [0.29, 0.717) is 41.2 Å². The van der Waals surface area contributed by atoms with Crippen molar-refractivity contribution in [1.29, 1.82) is 5.26 Å². The lowest BCUT2D eigenvalue weighted by molar-refractivity contribution is -0.384. The van der Waals surface area contributed by atoms with Crippen molar-refractivity contribution in [3.05, 3.63) is 112 Å². The molecule has 0 aliphatic rings. The van der Waals surface area contributed by atoms with Crippen LogP contribution < -0.4 is 9.47 Å². The molecule has 0 saturated carbocycles. The third kappa shape index (κ3) is 6.08. The van der Waals surface area contributed by atoms with Crippen LogP contribution in [0, 0.1) is 27.3 Å². The van der Waals surface area contributed by atoms with Gasteiger partial charge in [0, 0.05) is 17.7 Å². The zero-order valence-corrected chi connectivity index (χ0v) is 18.7. The quantitative estimate of drug-likeness (QED) is 0.114. The number of allylic oxidation sites excluding steroid dienone is 2. The minimum Gasteiger partial charge on any atom is -0.490 e. The van der Waals surface area contributed by atoms with E-state index in [1.54, 1.807) is 42.5 Å². The second-order valence-electron chi connectivity index (χ2n) is 7.32. The lowest BCUT2D eigenvalue weighted by Gasteiger charge is -2.17. The van der Waals surface area contributed by atoms with Crippen LogP contribution >= 0.6 is 0 Å². The highest BCUT2D eigenvalue weighted by Gasteiger charge is 2.14. The number of halogens is 1. The predicted octanol–water partition coefficient (Wildman–Crippen LogP) is 6.50. The van der Waals surface area contributed by atoms with Crippen molar-refractivity contribution in [2.75, 3.05) is 6.61 Å². The molecule has 0 unspecified atom stereocenters. The molecule has 0 spiro atoms. The van der Waals surface area contributed by atoms with E-state index in [-0.39, 0.29) is 18.1 Å². The van der Waals surface area contributed by atoms with E-state index in [0.717, 1.165) is 11.1 Å². The molecule has 0 aliphatic carbocycles. The number of rotatable bonds is 10. The summed E-state index contributed by atoms with van der Waals surface area (Å²) in [6.45, 7) is 6.31. The van der Waals surface area contributed by atoms with Gasteiger partial charge in [0.2, 0.25) is 0 Å². The number of nitro groups is 1. The highest BCUT2D eigenvalue weighted by Crippen LogP contribution is 2.36. The first-order valence-corrected chi connectivity index (χ1v) is 10.6. The molecule has 0 heterocycles. The van der Waals surface area contributed by atoms with Crippen LogP contribution in [0.15, 0.2) is 73.3 Å². The van der Waals surface area contributed by atoms with E-state index in [1.165, 1.54) is 24.3 Å². The summed E-state index contributed by atoms with van der Waals surface area (Å²) in [5.41, 5.74) is 3.20. The fourth-order valence-electron chi connectivity index (χ4n) is 3.35. The third-order valence-electron chi connectivity index (χ3n) is 4.94.